The Hall–Kier alpha value is -3.63. The second kappa shape index (κ2) is 10.5. The van der Waals surface area contributed by atoms with Crippen molar-refractivity contribution >= 4 is 29.1 Å². The summed E-state index contributed by atoms with van der Waals surface area (Å²) >= 11 is 6.13. The molecule has 0 saturated carbocycles. The minimum atomic E-state index is -0.543. The monoisotopic (exact) mass is 475 g/mol. The minimum absolute atomic E-state index is 0.0223. The summed E-state index contributed by atoms with van der Waals surface area (Å²) in [5, 5.41) is 9.53. The zero-order valence-electron chi connectivity index (χ0n) is 19.0. The van der Waals surface area contributed by atoms with E-state index in [0.29, 0.717) is 35.8 Å². The predicted octanol–water partition coefficient (Wildman–Crippen LogP) is 4.39. The molecule has 2 amide bonds. The Bertz CT molecular complexity index is 1210. The standard InChI is InChI=1S/C26H26ClN5O2/c1-2-3-7-24-26(34)31(22-6-4-5-21(27)12-22)17-25(33)32(24)16-23-14-29-18-30(23)15-20-10-8-19(13-28)9-11-20/h4-6,8-12,14,18,24H,2-3,7,15-17H2,1H3/t24-/m0/s1. The summed E-state index contributed by atoms with van der Waals surface area (Å²) in [5.74, 6) is -0.194. The van der Waals surface area contributed by atoms with E-state index in [4.69, 9.17) is 16.9 Å². The Morgan fingerprint density at radius 2 is 1.94 bits per heavy atom. The number of amides is 2. The summed E-state index contributed by atoms with van der Waals surface area (Å²) in [7, 11) is 0. The average molecular weight is 476 g/mol. The van der Waals surface area contributed by atoms with Gasteiger partial charge in [0.05, 0.1) is 30.2 Å². The third-order valence-electron chi connectivity index (χ3n) is 6.06. The molecule has 0 bridgehead atoms. The molecule has 0 N–H and O–H groups in total. The molecule has 0 unspecified atom stereocenters. The number of piperazine rings is 1. The molecule has 3 aromatic rings. The van der Waals surface area contributed by atoms with Gasteiger partial charge in [0.2, 0.25) is 11.8 Å². The van der Waals surface area contributed by atoms with Crippen LogP contribution < -0.4 is 4.90 Å². The van der Waals surface area contributed by atoms with E-state index in [-0.39, 0.29) is 18.4 Å². The molecule has 0 aliphatic carbocycles. The number of carbonyl (C=O) groups is 2. The van der Waals surface area contributed by atoms with Gasteiger partial charge in [0, 0.05) is 23.5 Å². The van der Waals surface area contributed by atoms with Crippen LogP contribution in [0.15, 0.2) is 61.1 Å². The number of aromatic nitrogens is 2. The molecular formula is C26H26ClN5O2. The van der Waals surface area contributed by atoms with Crippen LogP contribution in [0.5, 0.6) is 0 Å². The largest absolute Gasteiger partial charge is 0.329 e. The molecule has 1 fully saturated rings. The number of halogens is 1. The van der Waals surface area contributed by atoms with Crippen molar-refractivity contribution in [3.63, 3.8) is 0 Å². The van der Waals surface area contributed by atoms with Gasteiger partial charge in [-0.3, -0.25) is 9.59 Å². The molecule has 1 saturated heterocycles. The fraction of sp³-hybridized carbons (Fsp3) is 0.308. The van der Waals surface area contributed by atoms with Gasteiger partial charge in [0.25, 0.3) is 0 Å². The van der Waals surface area contributed by atoms with Crippen LogP contribution in [0, 0.1) is 11.3 Å². The van der Waals surface area contributed by atoms with Crippen LogP contribution in [0.3, 0.4) is 0 Å². The van der Waals surface area contributed by atoms with Crippen molar-refractivity contribution in [2.24, 2.45) is 0 Å². The minimum Gasteiger partial charge on any atom is -0.329 e. The van der Waals surface area contributed by atoms with Gasteiger partial charge in [0.15, 0.2) is 0 Å². The third kappa shape index (κ3) is 5.13. The zero-order chi connectivity index (χ0) is 24.1. The first kappa shape index (κ1) is 23.5. The maximum Gasteiger partial charge on any atom is 0.250 e. The van der Waals surface area contributed by atoms with E-state index < -0.39 is 6.04 Å². The van der Waals surface area contributed by atoms with Crippen LogP contribution in [-0.2, 0) is 22.7 Å². The quantitative estimate of drug-likeness (QED) is 0.483. The second-order valence-electron chi connectivity index (χ2n) is 8.41. The number of nitriles is 1. The van der Waals surface area contributed by atoms with E-state index in [9.17, 15) is 9.59 Å². The first-order chi connectivity index (χ1) is 16.5. The van der Waals surface area contributed by atoms with Crippen LogP contribution >= 0.6 is 11.6 Å². The highest BCUT2D eigenvalue weighted by Gasteiger charge is 2.39. The molecule has 2 heterocycles. The number of imidazole rings is 1. The Balaban J connectivity index is 1.56. The average Bonchev–Trinajstić information content (AvgIpc) is 3.27. The SMILES string of the molecule is CCCC[C@H]1C(=O)N(c2cccc(Cl)c2)CC(=O)N1Cc1cncn1Cc1ccc(C#N)cc1. The van der Waals surface area contributed by atoms with E-state index in [0.717, 1.165) is 24.1 Å². The summed E-state index contributed by atoms with van der Waals surface area (Å²) in [4.78, 5) is 34.3. The molecule has 174 valence electrons. The summed E-state index contributed by atoms with van der Waals surface area (Å²) in [6, 6.07) is 16.0. The number of nitrogens with zero attached hydrogens (tertiary/aromatic N) is 5. The van der Waals surface area contributed by atoms with Crippen LogP contribution in [-0.4, -0.2) is 38.9 Å². The molecule has 1 atom stereocenters. The second-order valence-corrected chi connectivity index (χ2v) is 8.84. The van der Waals surface area contributed by atoms with Gasteiger partial charge in [-0.1, -0.05) is 49.6 Å². The van der Waals surface area contributed by atoms with E-state index in [1.54, 1.807) is 58.7 Å². The van der Waals surface area contributed by atoms with Crippen molar-refractivity contribution in [2.45, 2.75) is 45.3 Å². The lowest BCUT2D eigenvalue weighted by molar-refractivity contribution is -0.144. The van der Waals surface area contributed by atoms with Gasteiger partial charge < -0.3 is 14.4 Å². The van der Waals surface area contributed by atoms with Crippen LogP contribution in [0.1, 0.15) is 43.0 Å². The number of hydrogen-bond donors (Lipinski definition) is 0. The van der Waals surface area contributed by atoms with Crippen molar-refractivity contribution in [3.05, 3.63) is 82.9 Å². The van der Waals surface area contributed by atoms with Crippen LogP contribution in [0.2, 0.25) is 5.02 Å². The molecule has 1 aliphatic rings. The smallest absolute Gasteiger partial charge is 0.250 e. The molecule has 4 rings (SSSR count). The number of carbonyl (C=O) groups excluding carboxylic acids is 2. The maximum absolute atomic E-state index is 13.5. The lowest BCUT2D eigenvalue weighted by atomic mass is 10.0. The Morgan fingerprint density at radius 3 is 2.65 bits per heavy atom. The molecule has 34 heavy (non-hydrogen) atoms. The van der Waals surface area contributed by atoms with Crippen molar-refractivity contribution in [1.82, 2.24) is 14.5 Å². The highest BCUT2D eigenvalue weighted by molar-refractivity contribution is 6.31. The lowest BCUT2D eigenvalue weighted by Gasteiger charge is -2.40. The summed E-state index contributed by atoms with van der Waals surface area (Å²) < 4.78 is 1.97. The summed E-state index contributed by atoms with van der Waals surface area (Å²) in [6.07, 6.45) is 5.83. The number of hydrogen-bond acceptors (Lipinski definition) is 4. The number of unbranched alkanes of at least 4 members (excludes halogenated alkanes) is 1. The molecule has 0 spiro atoms. The van der Waals surface area contributed by atoms with Gasteiger partial charge >= 0.3 is 0 Å². The molecule has 1 aliphatic heterocycles. The first-order valence-corrected chi connectivity index (χ1v) is 11.7. The van der Waals surface area contributed by atoms with Crippen LogP contribution in [0.25, 0.3) is 0 Å². The van der Waals surface area contributed by atoms with Crippen molar-refractivity contribution in [1.29, 1.82) is 5.26 Å². The fourth-order valence-corrected chi connectivity index (χ4v) is 4.39. The van der Waals surface area contributed by atoms with E-state index in [2.05, 4.69) is 18.0 Å². The van der Waals surface area contributed by atoms with Crippen molar-refractivity contribution < 1.29 is 9.59 Å². The zero-order valence-corrected chi connectivity index (χ0v) is 19.8. The topological polar surface area (TPSA) is 82.2 Å². The molecule has 2 aromatic carbocycles. The maximum atomic E-state index is 13.5. The Morgan fingerprint density at radius 1 is 1.15 bits per heavy atom. The number of anilines is 1. The number of rotatable bonds is 8. The normalized spacial score (nSPS) is 16.1. The van der Waals surface area contributed by atoms with Gasteiger partial charge in [-0.25, -0.2) is 4.98 Å². The molecule has 1 aromatic heterocycles. The number of benzene rings is 2. The molecular weight excluding hydrogens is 450 g/mol. The lowest BCUT2D eigenvalue weighted by Crippen LogP contribution is -2.59. The van der Waals surface area contributed by atoms with Crippen molar-refractivity contribution in [3.8, 4) is 6.07 Å². The molecule has 7 nitrogen and oxygen atoms in total. The predicted molar refractivity (Wildman–Crippen MR) is 130 cm³/mol. The first-order valence-electron chi connectivity index (χ1n) is 11.3. The van der Waals surface area contributed by atoms with Crippen LogP contribution in [0.4, 0.5) is 5.69 Å². The van der Waals surface area contributed by atoms with E-state index in [1.807, 2.05) is 16.7 Å². The van der Waals surface area contributed by atoms with E-state index in [1.165, 1.54) is 0 Å². The molecule has 8 heteroatoms. The van der Waals surface area contributed by atoms with E-state index >= 15 is 0 Å². The summed E-state index contributed by atoms with van der Waals surface area (Å²) in [5.41, 5.74) is 3.12. The summed E-state index contributed by atoms with van der Waals surface area (Å²) in [6.45, 7) is 2.91. The van der Waals surface area contributed by atoms with Gasteiger partial charge in [-0.15, -0.1) is 0 Å². The third-order valence-corrected chi connectivity index (χ3v) is 6.29. The van der Waals surface area contributed by atoms with Gasteiger partial charge in [0.1, 0.15) is 12.6 Å². The van der Waals surface area contributed by atoms with Gasteiger partial charge in [-0.2, -0.15) is 5.26 Å². The highest BCUT2D eigenvalue weighted by Crippen LogP contribution is 2.27. The Kier molecular flexibility index (Phi) is 7.29. The van der Waals surface area contributed by atoms with Gasteiger partial charge in [-0.05, 0) is 42.3 Å². The molecule has 0 radical (unpaired) electrons. The Labute approximate surface area is 204 Å². The fourth-order valence-electron chi connectivity index (χ4n) is 4.21. The highest BCUT2D eigenvalue weighted by atomic mass is 35.5. The van der Waals surface area contributed by atoms with Crippen molar-refractivity contribution in [2.75, 3.05) is 11.4 Å².